The summed E-state index contributed by atoms with van der Waals surface area (Å²) in [6, 6.07) is 3.68. The predicted octanol–water partition coefficient (Wildman–Crippen LogP) is 2.07. The number of nitrogens with one attached hydrogen (secondary N) is 1. The van der Waals surface area contributed by atoms with Crippen LogP contribution in [0.3, 0.4) is 0 Å². The molecule has 3 heterocycles. The summed E-state index contributed by atoms with van der Waals surface area (Å²) in [7, 11) is 0. The largest absolute Gasteiger partial charge is 0.292 e. The minimum absolute atomic E-state index is 0.0230. The van der Waals surface area contributed by atoms with Crippen LogP contribution in [0.5, 0.6) is 0 Å². The van der Waals surface area contributed by atoms with Crippen molar-refractivity contribution in [2.75, 3.05) is 0 Å². The Morgan fingerprint density at radius 2 is 2.31 bits per heavy atom. The molecule has 82 valence electrons. The molecule has 2 aromatic rings. The fraction of sp³-hybridized carbons (Fsp3) is 0.200. The lowest BCUT2D eigenvalue weighted by atomic mass is 10.3. The van der Waals surface area contributed by atoms with Gasteiger partial charge < -0.3 is 0 Å². The van der Waals surface area contributed by atoms with Crippen molar-refractivity contribution in [1.82, 2.24) is 14.8 Å². The lowest BCUT2D eigenvalue weighted by molar-refractivity contribution is 0.803. The number of thioether (sulfide) groups is 1. The van der Waals surface area contributed by atoms with Crippen LogP contribution in [0.15, 0.2) is 27.6 Å². The van der Waals surface area contributed by atoms with E-state index in [0.29, 0.717) is 5.82 Å². The monoisotopic (exact) mass is 297 g/mol. The zero-order chi connectivity index (χ0) is 11.1. The molecule has 0 fully saturated rings. The zero-order valence-corrected chi connectivity index (χ0v) is 10.6. The molecular formula is C10H8BrN3OS. The Hall–Kier alpha value is -1.01. The lowest BCUT2D eigenvalue weighted by Crippen LogP contribution is -2.17. The van der Waals surface area contributed by atoms with E-state index in [1.165, 1.54) is 4.68 Å². The number of H-pyrrole nitrogens is 1. The number of nitrogens with zero attached hydrogens (tertiary/aromatic N) is 2. The van der Waals surface area contributed by atoms with Gasteiger partial charge in [0.05, 0.1) is 11.3 Å². The first kappa shape index (κ1) is 10.2. The average Bonchev–Trinajstić information content (AvgIpc) is 2.84. The van der Waals surface area contributed by atoms with Gasteiger partial charge in [0.15, 0.2) is 5.82 Å². The molecular weight excluding hydrogens is 290 g/mol. The summed E-state index contributed by atoms with van der Waals surface area (Å²) in [5, 5.41) is 3.10. The number of fused-ring (bicyclic) bond motifs is 1. The van der Waals surface area contributed by atoms with Crippen molar-refractivity contribution in [2.24, 2.45) is 0 Å². The van der Waals surface area contributed by atoms with Crippen LogP contribution >= 0.6 is 27.7 Å². The van der Waals surface area contributed by atoms with E-state index in [-0.39, 0.29) is 5.56 Å². The first-order chi connectivity index (χ1) is 7.75. The SMILES string of the molecule is O=c1c2c([nH]n1-c1ccc(Br)cn1)CSC2. The van der Waals surface area contributed by atoms with Gasteiger partial charge in [0.1, 0.15) is 0 Å². The Balaban J connectivity index is 2.14. The van der Waals surface area contributed by atoms with Crippen LogP contribution in [0.25, 0.3) is 5.82 Å². The molecule has 1 N–H and O–H groups in total. The molecule has 0 amide bonds. The predicted molar refractivity (Wildman–Crippen MR) is 66.9 cm³/mol. The zero-order valence-electron chi connectivity index (χ0n) is 8.24. The second-order valence-electron chi connectivity index (χ2n) is 3.54. The van der Waals surface area contributed by atoms with E-state index in [4.69, 9.17) is 0 Å². The molecule has 1 aliphatic rings. The summed E-state index contributed by atoms with van der Waals surface area (Å²) in [6.45, 7) is 0. The van der Waals surface area contributed by atoms with Crippen LogP contribution in [-0.2, 0) is 11.5 Å². The Morgan fingerprint density at radius 1 is 1.44 bits per heavy atom. The third kappa shape index (κ3) is 1.53. The highest BCUT2D eigenvalue weighted by molar-refractivity contribution is 9.10. The van der Waals surface area contributed by atoms with Gasteiger partial charge in [0.25, 0.3) is 5.56 Å². The van der Waals surface area contributed by atoms with Gasteiger partial charge in [-0.15, -0.1) is 0 Å². The molecule has 3 rings (SSSR count). The van der Waals surface area contributed by atoms with E-state index >= 15 is 0 Å². The standard InChI is InChI=1S/C10H8BrN3OS/c11-6-1-2-9(12-3-6)14-10(15)7-4-16-5-8(7)13-14/h1-3,13H,4-5H2. The average molecular weight is 298 g/mol. The third-order valence-corrected chi connectivity index (χ3v) is 3.96. The molecule has 0 saturated heterocycles. The van der Waals surface area contributed by atoms with E-state index in [1.54, 1.807) is 18.0 Å². The van der Waals surface area contributed by atoms with Gasteiger partial charge in [-0.25, -0.2) is 9.67 Å². The quantitative estimate of drug-likeness (QED) is 0.877. The minimum Gasteiger partial charge on any atom is -0.292 e. The molecule has 2 aromatic heterocycles. The number of hydrogen-bond donors (Lipinski definition) is 1. The smallest absolute Gasteiger partial charge is 0.276 e. The number of pyridine rings is 1. The van der Waals surface area contributed by atoms with Crippen LogP contribution in [0.4, 0.5) is 0 Å². The fourth-order valence-corrected chi connectivity index (χ4v) is 2.98. The first-order valence-corrected chi connectivity index (χ1v) is 6.73. The Morgan fingerprint density at radius 3 is 3.00 bits per heavy atom. The van der Waals surface area contributed by atoms with Crippen molar-refractivity contribution in [1.29, 1.82) is 0 Å². The topological polar surface area (TPSA) is 50.7 Å². The minimum atomic E-state index is 0.0230. The molecule has 0 unspecified atom stereocenters. The van der Waals surface area contributed by atoms with E-state index in [9.17, 15) is 4.79 Å². The molecule has 16 heavy (non-hydrogen) atoms. The van der Waals surface area contributed by atoms with Crippen molar-refractivity contribution in [3.8, 4) is 5.82 Å². The molecule has 0 aliphatic carbocycles. The van der Waals surface area contributed by atoms with Crippen molar-refractivity contribution in [2.45, 2.75) is 11.5 Å². The highest BCUT2D eigenvalue weighted by atomic mass is 79.9. The van der Waals surface area contributed by atoms with Crippen molar-refractivity contribution in [3.05, 3.63) is 44.4 Å². The maximum atomic E-state index is 12.0. The van der Waals surface area contributed by atoms with E-state index in [0.717, 1.165) is 27.2 Å². The molecule has 0 aromatic carbocycles. The maximum absolute atomic E-state index is 12.0. The van der Waals surface area contributed by atoms with Crippen LogP contribution < -0.4 is 5.56 Å². The summed E-state index contributed by atoms with van der Waals surface area (Å²) in [6.07, 6.45) is 1.68. The number of aromatic amines is 1. The molecule has 0 saturated carbocycles. The summed E-state index contributed by atoms with van der Waals surface area (Å²) in [4.78, 5) is 16.2. The number of rotatable bonds is 1. The van der Waals surface area contributed by atoms with Crippen LogP contribution in [0.1, 0.15) is 11.3 Å². The number of aromatic nitrogens is 3. The highest BCUT2D eigenvalue weighted by Crippen LogP contribution is 2.26. The van der Waals surface area contributed by atoms with Gasteiger partial charge in [-0.3, -0.25) is 9.89 Å². The van der Waals surface area contributed by atoms with E-state index in [2.05, 4.69) is 26.0 Å². The van der Waals surface area contributed by atoms with Gasteiger partial charge >= 0.3 is 0 Å². The molecule has 0 atom stereocenters. The molecule has 0 radical (unpaired) electrons. The lowest BCUT2D eigenvalue weighted by Gasteiger charge is -2.00. The normalized spacial score (nSPS) is 14.1. The van der Waals surface area contributed by atoms with Gasteiger partial charge in [0.2, 0.25) is 0 Å². The van der Waals surface area contributed by atoms with Crippen molar-refractivity contribution < 1.29 is 0 Å². The van der Waals surface area contributed by atoms with Crippen molar-refractivity contribution in [3.63, 3.8) is 0 Å². The molecule has 1 aliphatic heterocycles. The van der Waals surface area contributed by atoms with Gasteiger partial charge in [-0.1, -0.05) is 0 Å². The molecule has 4 nitrogen and oxygen atoms in total. The molecule has 6 heteroatoms. The molecule has 0 bridgehead atoms. The number of halogens is 1. The van der Waals surface area contributed by atoms with Crippen LogP contribution in [0, 0.1) is 0 Å². The summed E-state index contributed by atoms with van der Waals surface area (Å²) < 4.78 is 2.41. The van der Waals surface area contributed by atoms with Gasteiger partial charge in [-0.05, 0) is 28.1 Å². The second-order valence-corrected chi connectivity index (χ2v) is 5.44. The summed E-state index contributed by atoms with van der Waals surface area (Å²) in [5.74, 6) is 2.31. The van der Waals surface area contributed by atoms with Gasteiger partial charge in [0, 0.05) is 22.2 Å². The maximum Gasteiger partial charge on any atom is 0.276 e. The van der Waals surface area contributed by atoms with Gasteiger partial charge in [-0.2, -0.15) is 11.8 Å². The summed E-state index contributed by atoms with van der Waals surface area (Å²) in [5.41, 5.74) is 1.93. The van der Waals surface area contributed by atoms with Crippen molar-refractivity contribution >= 4 is 27.7 Å². The second kappa shape index (κ2) is 3.78. The Bertz CT molecular complexity index is 587. The highest BCUT2D eigenvalue weighted by Gasteiger charge is 2.20. The fourth-order valence-electron chi connectivity index (χ4n) is 1.70. The Labute approximate surface area is 104 Å². The van der Waals surface area contributed by atoms with E-state index < -0.39 is 0 Å². The molecule has 0 spiro atoms. The van der Waals surface area contributed by atoms with E-state index in [1.807, 2.05) is 12.1 Å². The summed E-state index contributed by atoms with van der Waals surface area (Å²) >= 11 is 5.08. The third-order valence-electron chi connectivity index (χ3n) is 2.51. The van der Waals surface area contributed by atoms with Crippen LogP contribution in [0.2, 0.25) is 0 Å². The van der Waals surface area contributed by atoms with Crippen LogP contribution in [-0.4, -0.2) is 14.8 Å². The number of hydrogen-bond acceptors (Lipinski definition) is 3. The Kier molecular flexibility index (Phi) is 2.40. The first-order valence-electron chi connectivity index (χ1n) is 4.78.